The molecule has 4 nitrogen and oxygen atoms in total. The first kappa shape index (κ1) is 21.2. The van der Waals surface area contributed by atoms with Crippen molar-refractivity contribution in [1.29, 1.82) is 0 Å². The van der Waals surface area contributed by atoms with Crippen molar-refractivity contribution < 1.29 is 22.7 Å². The molecule has 1 fully saturated rings. The third kappa shape index (κ3) is 5.97. The summed E-state index contributed by atoms with van der Waals surface area (Å²) < 4.78 is 44.0. The highest BCUT2D eigenvalue weighted by Crippen LogP contribution is 2.31. The van der Waals surface area contributed by atoms with Crippen LogP contribution in [0.15, 0.2) is 48.5 Å². The van der Waals surface area contributed by atoms with Crippen LogP contribution in [-0.2, 0) is 17.5 Å². The first-order chi connectivity index (χ1) is 13.8. The Labute approximate surface area is 168 Å². The summed E-state index contributed by atoms with van der Waals surface area (Å²) in [5.74, 6) is 0.429. The van der Waals surface area contributed by atoms with Gasteiger partial charge in [-0.2, -0.15) is 13.2 Å². The van der Waals surface area contributed by atoms with E-state index in [1.165, 1.54) is 12.1 Å². The van der Waals surface area contributed by atoms with Gasteiger partial charge < -0.3 is 10.1 Å². The Hall–Kier alpha value is -2.54. The lowest BCUT2D eigenvalue weighted by Crippen LogP contribution is -2.37. The molecule has 0 atom stereocenters. The number of likely N-dealkylation sites (tertiary alicyclic amines) is 1. The largest absolute Gasteiger partial charge is 0.494 e. The minimum absolute atomic E-state index is 0.181. The lowest BCUT2D eigenvalue weighted by Gasteiger charge is -2.31. The lowest BCUT2D eigenvalue weighted by molar-refractivity contribution is -0.137. The van der Waals surface area contributed by atoms with Gasteiger partial charge in [-0.25, -0.2) is 0 Å². The number of carbonyl (C=O) groups is 1. The molecule has 0 spiro atoms. The maximum Gasteiger partial charge on any atom is 0.416 e. The Balaban J connectivity index is 1.51. The van der Waals surface area contributed by atoms with Gasteiger partial charge in [-0.05, 0) is 68.8 Å². The molecule has 29 heavy (non-hydrogen) atoms. The van der Waals surface area contributed by atoms with E-state index in [4.69, 9.17) is 4.74 Å². The SMILES string of the molecule is CCOc1cccc(CN2CCC(C(=O)Nc3cccc(C(F)(F)F)c3)CC2)c1. The van der Waals surface area contributed by atoms with Crippen molar-refractivity contribution in [2.75, 3.05) is 25.0 Å². The fraction of sp³-hybridized carbons (Fsp3) is 0.409. The molecule has 0 unspecified atom stereocenters. The van der Waals surface area contributed by atoms with E-state index in [-0.39, 0.29) is 17.5 Å². The summed E-state index contributed by atoms with van der Waals surface area (Å²) in [4.78, 5) is 14.8. The predicted molar refractivity (Wildman–Crippen MR) is 106 cm³/mol. The highest BCUT2D eigenvalue weighted by atomic mass is 19.4. The van der Waals surface area contributed by atoms with E-state index in [1.54, 1.807) is 0 Å². The van der Waals surface area contributed by atoms with Gasteiger partial charge in [0.1, 0.15) is 5.75 Å². The van der Waals surface area contributed by atoms with Gasteiger partial charge in [0, 0.05) is 18.2 Å². The normalized spacial score (nSPS) is 15.9. The van der Waals surface area contributed by atoms with Crippen LogP contribution in [0.2, 0.25) is 0 Å². The Kier molecular flexibility index (Phi) is 6.79. The minimum atomic E-state index is -4.43. The molecule has 156 valence electrons. The maximum absolute atomic E-state index is 12.8. The standard InChI is InChI=1S/C22H25F3N2O2/c1-2-29-20-8-3-5-16(13-20)15-27-11-9-17(10-12-27)21(28)26-19-7-4-6-18(14-19)22(23,24)25/h3-8,13-14,17H,2,9-12,15H2,1H3,(H,26,28). The fourth-order valence-electron chi connectivity index (χ4n) is 3.53. The molecule has 1 N–H and O–H groups in total. The lowest BCUT2D eigenvalue weighted by atomic mass is 9.95. The molecule has 1 heterocycles. The van der Waals surface area contributed by atoms with Gasteiger partial charge in [-0.1, -0.05) is 18.2 Å². The number of halogens is 3. The number of piperidine rings is 1. The van der Waals surface area contributed by atoms with Crippen LogP contribution in [0.1, 0.15) is 30.9 Å². The molecule has 2 aromatic carbocycles. The number of amides is 1. The van der Waals surface area contributed by atoms with Crippen LogP contribution in [0, 0.1) is 5.92 Å². The molecule has 7 heteroatoms. The molecule has 1 aliphatic heterocycles. The van der Waals surface area contributed by atoms with Gasteiger partial charge in [-0.3, -0.25) is 9.69 Å². The number of anilines is 1. The highest BCUT2D eigenvalue weighted by Gasteiger charge is 2.31. The van der Waals surface area contributed by atoms with Crippen molar-refractivity contribution in [3.63, 3.8) is 0 Å². The van der Waals surface area contributed by atoms with Gasteiger partial charge >= 0.3 is 6.18 Å². The van der Waals surface area contributed by atoms with E-state index >= 15 is 0 Å². The number of rotatable bonds is 6. The molecule has 2 aromatic rings. The van der Waals surface area contributed by atoms with E-state index in [0.717, 1.165) is 43.1 Å². The van der Waals surface area contributed by atoms with Crippen molar-refractivity contribution in [2.45, 2.75) is 32.5 Å². The van der Waals surface area contributed by atoms with Crippen LogP contribution in [0.25, 0.3) is 0 Å². The van der Waals surface area contributed by atoms with E-state index in [1.807, 2.05) is 25.1 Å². The second kappa shape index (κ2) is 9.31. The fourth-order valence-corrected chi connectivity index (χ4v) is 3.53. The van der Waals surface area contributed by atoms with Crippen LogP contribution < -0.4 is 10.1 Å². The molecular formula is C22H25F3N2O2. The molecule has 1 saturated heterocycles. The van der Waals surface area contributed by atoms with Crippen molar-refractivity contribution in [2.24, 2.45) is 5.92 Å². The topological polar surface area (TPSA) is 41.6 Å². The van der Waals surface area contributed by atoms with E-state index < -0.39 is 11.7 Å². The smallest absolute Gasteiger partial charge is 0.416 e. The second-order valence-corrected chi connectivity index (χ2v) is 7.20. The number of alkyl halides is 3. The summed E-state index contributed by atoms with van der Waals surface area (Å²) in [6.07, 6.45) is -3.07. The number of hydrogen-bond acceptors (Lipinski definition) is 3. The molecule has 1 amide bonds. The minimum Gasteiger partial charge on any atom is -0.494 e. The number of ether oxygens (including phenoxy) is 1. The van der Waals surface area contributed by atoms with Crippen LogP contribution in [0.4, 0.5) is 18.9 Å². The summed E-state index contributed by atoms with van der Waals surface area (Å²) in [6.45, 7) is 4.87. The maximum atomic E-state index is 12.8. The molecule has 1 aliphatic rings. The second-order valence-electron chi connectivity index (χ2n) is 7.20. The van der Waals surface area contributed by atoms with Gasteiger partial charge in [-0.15, -0.1) is 0 Å². The summed E-state index contributed by atoms with van der Waals surface area (Å²) in [7, 11) is 0. The number of carbonyl (C=O) groups excluding carboxylic acids is 1. The number of hydrogen-bond donors (Lipinski definition) is 1. The van der Waals surface area contributed by atoms with Crippen LogP contribution >= 0.6 is 0 Å². The van der Waals surface area contributed by atoms with E-state index in [0.29, 0.717) is 19.4 Å². The molecule has 3 rings (SSSR count). The summed E-state index contributed by atoms with van der Waals surface area (Å²) in [6, 6.07) is 12.7. The van der Waals surface area contributed by atoms with Crippen molar-refractivity contribution in [3.8, 4) is 5.75 Å². The number of nitrogens with zero attached hydrogens (tertiary/aromatic N) is 1. The molecule has 0 saturated carbocycles. The predicted octanol–water partition coefficient (Wildman–Crippen LogP) is 4.95. The number of benzene rings is 2. The first-order valence-electron chi connectivity index (χ1n) is 9.77. The summed E-state index contributed by atoms with van der Waals surface area (Å²) >= 11 is 0. The zero-order valence-corrected chi connectivity index (χ0v) is 16.3. The zero-order chi connectivity index (χ0) is 20.9. The Bertz CT molecular complexity index is 831. The molecule has 0 bridgehead atoms. The van der Waals surface area contributed by atoms with Crippen molar-refractivity contribution in [3.05, 3.63) is 59.7 Å². The van der Waals surface area contributed by atoms with Gasteiger partial charge in [0.15, 0.2) is 0 Å². The van der Waals surface area contributed by atoms with Crippen LogP contribution in [0.3, 0.4) is 0 Å². The quantitative estimate of drug-likeness (QED) is 0.738. The van der Waals surface area contributed by atoms with Crippen LogP contribution in [-0.4, -0.2) is 30.5 Å². The average molecular weight is 406 g/mol. The number of nitrogens with one attached hydrogen (secondary N) is 1. The van der Waals surface area contributed by atoms with Gasteiger partial charge in [0.05, 0.1) is 12.2 Å². The molecule has 0 aromatic heterocycles. The zero-order valence-electron chi connectivity index (χ0n) is 16.3. The van der Waals surface area contributed by atoms with Crippen molar-refractivity contribution >= 4 is 11.6 Å². The third-order valence-electron chi connectivity index (χ3n) is 5.03. The monoisotopic (exact) mass is 406 g/mol. The van der Waals surface area contributed by atoms with Crippen molar-refractivity contribution in [1.82, 2.24) is 4.90 Å². The summed E-state index contributed by atoms with van der Waals surface area (Å²) in [5, 5.41) is 2.64. The Morgan fingerprint density at radius 2 is 1.86 bits per heavy atom. The Morgan fingerprint density at radius 3 is 2.55 bits per heavy atom. The highest BCUT2D eigenvalue weighted by molar-refractivity contribution is 5.92. The average Bonchev–Trinajstić information content (AvgIpc) is 2.69. The molecule has 0 radical (unpaired) electrons. The third-order valence-corrected chi connectivity index (χ3v) is 5.03. The molecular weight excluding hydrogens is 381 g/mol. The van der Waals surface area contributed by atoms with Crippen LogP contribution in [0.5, 0.6) is 5.75 Å². The summed E-state index contributed by atoms with van der Waals surface area (Å²) in [5.41, 5.74) is 0.571. The Morgan fingerprint density at radius 1 is 1.14 bits per heavy atom. The van der Waals surface area contributed by atoms with E-state index in [2.05, 4.69) is 16.3 Å². The first-order valence-corrected chi connectivity index (χ1v) is 9.77. The van der Waals surface area contributed by atoms with Gasteiger partial charge in [0.25, 0.3) is 0 Å². The van der Waals surface area contributed by atoms with E-state index in [9.17, 15) is 18.0 Å². The molecule has 0 aliphatic carbocycles. The van der Waals surface area contributed by atoms with Gasteiger partial charge in [0.2, 0.25) is 5.91 Å².